The second-order valence-corrected chi connectivity index (χ2v) is 4.01. The maximum atomic E-state index is 5.67. The van der Waals surface area contributed by atoms with Crippen molar-refractivity contribution < 1.29 is 0 Å². The lowest BCUT2D eigenvalue weighted by atomic mass is 9.86. The minimum absolute atomic E-state index is 0.398. The van der Waals surface area contributed by atoms with E-state index in [1.807, 2.05) is 0 Å². The molecule has 4 N–H and O–H groups in total. The molecule has 0 aromatic carbocycles. The van der Waals surface area contributed by atoms with Crippen molar-refractivity contribution in [2.24, 2.45) is 11.7 Å². The molecule has 1 saturated carbocycles. The Hall–Kier alpha value is -1.10. The maximum Gasteiger partial charge on any atom is 0.165 e. The zero-order valence-corrected chi connectivity index (χ0v) is 8.26. The van der Waals surface area contributed by atoms with Gasteiger partial charge in [0.15, 0.2) is 5.82 Å². The molecule has 1 aliphatic carbocycles. The quantitative estimate of drug-likeness (QED) is 0.722. The number of nitrogen functional groups attached to an aromatic ring is 1. The molecule has 0 amide bonds. The smallest absolute Gasteiger partial charge is 0.165 e. The lowest BCUT2D eigenvalue weighted by Gasteiger charge is -2.27. The number of anilines is 1. The first-order chi connectivity index (χ1) is 6.79. The molecule has 1 aromatic heterocycles. The number of hydrogen-bond donors (Lipinski definition) is 2. The number of aromatic nitrogens is 3. The van der Waals surface area contributed by atoms with Crippen molar-refractivity contribution in [1.82, 2.24) is 15.0 Å². The van der Waals surface area contributed by atoms with Crippen LogP contribution in [0.4, 0.5) is 5.82 Å². The highest BCUT2D eigenvalue weighted by atomic mass is 15.5. The largest absolute Gasteiger partial charge is 0.381 e. The summed E-state index contributed by atoms with van der Waals surface area (Å²) in [5, 5.41) is 8.29. The van der Waals surface area contributed by atoms with Gasteiger partial charge in [0.25, 0.3) is 0 Å². The van der Waals surface area contributed by atoms with Crippen molar-refractivity contribution in [3.63, 3.8) is 0 Å². The number of hydrogen-bond acceptors (Lipinski definition) is 4. The molecular formula is C9H17N5. The first-order valence-corrected chi connectivity index (χ1v) is 5.17. The van der Waals surface area contributed by atoms with Crippen LogP contribution in [0.3, 0.4) is 0 Å². The molecule has 1 aliphatic rings. The number of rotatable bonds is 2. The fourth-order valence-corrected chi connectivity index (χ4v) is 2.15. The Morgan fingerprint density at radius 3 is 3.00 bits per heavy atom. The third kappa shape index (κ3) is 1.87. The van der Waals surface area contributed by atoms with E-state index in [1.54, 1.807) is 11.0 Å². The Bertz CT molecular complexity index is 295. The Labute approximate surface area is 83.5 Å². The van der Waals surface area contributed by atoms with Gasteiger partial charge in [-0.3, -0.25) is 0 Å². The fourth-order valence-electron chi connectivity index (χ4n) is 2.15. The van der Waals surface area contributed by atoms with Gasteiger partial charge in [-0.05, 0) is 31.7 Å². The third-order valence-corrected chi connectivity index (χ3v) is 2.94. The van der Waals surface area contributed by atoms with E-state index in [4.69, 9.17) is 11.5 Å². The van der Waals surface area contributed by atoms with Gasteiger partial charge < -0.3 is 11.5 Å². The van der Waals surface area contributed by atoms with Crippen LogP contribution < -0.4 is 11.5 Å². The minimum Gasteiger partial charge on any atom is -0.381 e. The first kappa shape index (κ1) is 9.45. The molecule has 14 heavy (non-hydrogen) atoms. The Balaban J connectivity index is 2.04. The summed E-state index contributed by atoms with van der Waals surface area (Å²) in [4.78, 5) is 1.75. The highest BCUT2D eigenvalue weighted by molar-refractivity contribution is 5.19. The van der Waals surface area contributed by atoms with Gasteiger partial charge in [-0.2, -0.15) is 9.90 Å². The molecule has 0 spiro atoms. The van der Waals surface area contributed by atoms with E-state index >= 15 is 0 Å². The molecule has 5 heteroatoms. The molecule has 5 nitrogen and oxygen atoms in total. The van der Waals surface area contributed by atoms with Crippen molar-refractivity contribution in [1.29, 1.82) is 0 Å². The highest BCUT2D eigenvalue weighted by Gasteiger charge is 2.23. The molecule has 1 aromatic rings. The van der Waals surface area contributed by atoms with Crippen LogP contribution in [0.5, 0.6) is 0 Å². The summed E-state index contributed by atoms with van der Waals surface area (Å²) in [5.74, 6) is 1.13. The van der Waals surface area contributed by atoms with Gasteiger partial charge in [-0.1, -0.05) is 6.42 Å². The van der Waals surface area contributed by atoms with Crippen LogP contribution in [-0.2, 0) is 0 Å². The summed E-state index contributed by atoms with van der Waals surface area (Å²) in [6.07, 6.45) is 6.29. The highest BCUT2D eigenvalue weighted by Crippen LogP contribution is 2.30. The summed E-state index contributed by atoms with van der Waals surface area (Å²) in [7, 11) is 0. The monoisotopic (exact) mass is 195 g/mol. The zero-order valence-electron chi connectivity index (χ0n) is 8.26. The van der Waals surface area contributed by atoms with Gasteiger partial charge in [0.1, 0.15) is 0 Å². The maximum absolute atomic E-state index is 5.67. The lowest BCUT2D eigenvalue weighted by molar-refractivity contribution is 0.239. The lowest BCUT2D eigenvalue weighted by Crippen LogP contribution is -2.25. The van der Waals surface area contributed by atoms with Gasteiger partial charge >= 0.3 is 0 Å². The standard InChI is InChI=1S/C9H17N5/c10-5-7-2-1-3-8(4-7)14-12-6-9(11)13-14/h6-8H,1-5,10H2,(H2,11,13). The normalized spacial score (nSPS) is 27.8. The second-order valence-electron chi connectivity index (χ2n) is 4.01. The number of nitrogens with zero attached hydrogens (tertiary/aromatic N) is 3. The summed E-state index contributed by atoms with van der Waals surface area (Å²) in [5.41, 5.74) is 11.2. The average molecular weight is 195 g/mol. The molecule has 0 aliphatic heterocycles. The summed E-state index contributed by atoms with van der Waals surface area (Å²) < 4.78 is 0. The summed E-state index contributed by atoms with van der Waals surface area (Å²) >= 11 is 0. The summed E-state index contributed by atoms with van der Waals surface area (Å²) in [6, 6.07) is 0.398. The average Bonchev–Trinajstić information content (AvgIpc) is 2.65. The SMILES string of the molecule is NCC1CCCC(n2ncc(N)n2)C1. The van der Waals surface area contributed by atoms with E-state index in [0.717, 1.165) is 19.4 Å². The Morgan fingerprint density at radius 1 is 1.50 bits per heavy atom. The third-order valence-electron chi connectivity index (χ3n) is 2.94. The zero-order chi connectivity index (χ0) is 9.97. The van der Waals surface area contributed by atoms with Crippen LogP contribution >= 0.6 is 0 Å². The van der Waals surface area contributed by atoms with Crippen LogP contribution in [0, 0.1) is 5.92 Å². The van der Waals surface area contributed by atoms with Crippen molar-refractivity contribution >= 4 is 5.82 Å². The van der Waals surface area contributed by atoms with Crippen molar-refractivity contribution in [3.8, 4) is 0 Å². The molecule has 78 valence electrons. The van der Waals surface area contributed by atoms with E-state index in [0.29, 0.717) is 17.8 Å². The molecule has 1 fully saturated rings. The van der Waals surface area contributed by atoms with Gasteiger partial charge in [-0.15, -0.1) is 5.10 Å². The van der Waals surface area contributed by atoms with E-state index in [9.17, 15) is 0 Å². The number of nitrogens with two attached hydrogens (primary N) is 2. The van der Waals surface area contributed by atoms with Gasteiger partial charge in [-0.25, -0.2) is 0 Å². The van der Waals surface area contributed by atoms with Crippen LogP contribution in [0.2, 0.25) is 0 Å². The van der Waals surface area contributed by atoms with E-state index in [2.05, 4.69) is 10.2 Å². The topological polar surface area (TPSA) is 82.8 Å². The molecule has 2 rings (SSSR count). The van der Waals surface area contributed by atoms with Crippen LogP contribution in [0.15, 0.2) is 6.20 Å². The van der Waals surface area contributed by atoms with E-state index < -0.39 is 0 Å². The Morgan fingerprint density at radius 2 is 2.36 bits per heavy atom. The second kappa shape index (κ2) is 3.96. The molecule has 2 unspecified atom stereocenters. The molecular weight excluding hydrogens is 178 g/mol. The minimum atomic E-state index is 0.398. The van der Waals surface area contributed by atoms with Crippen LogP contribution in [0.1, 0.15) is 31.7 Å². The molecule has 2 atom stereocenters. The Kier molecular flexibility index (Phi) is 2.67. The van der Waals surface area contributed by atoms with Gasteiger partial charge in [0.05, 0.1) is 12.2 Å². The molecule has 0 radical (unpaired) electrons. The van der Waals surface area contributed by atoms with Crippen LogP contribution in [-0.4, -0.2) is 21.5 Å². The molecule has 1 heterocycles. The van der Waals surface area contributed by atoms with Crippen molar-refractivity contribution in [2.45, 2.75) is 31.7 Å². The van der Waals surface area contributed by atoms with Crippen molar-refractivity contribution in [3.05, 3.63) is 6.20 Å². The predicted octanol–water partition coefficient (Wildman–Crippen LogP) is 0.550. The van der Waals surface area contributed by atoms with E-state index in [-0.39, 0.29) is 0 Å². The fraction of sp³-hybridized carbons (Fsp3) is 0.778. The molecule has 0 saturated heterocycles. The van der Waals surface area contributed by atoms with E-state index in [1.165, 1.54) is 12.8 Å². The van der Waals surface area contributed by atoms with Gasteiger partial charge in [0, 0.05) is 0 Å². The van der Waals surface area contributed by atoms with Crippen LogP contribution in [0.25, 0.3) is 0 Å². The van der Waals surface area contributed by atoms with Gasteiger partial charge in [0.2, 0.25) is 0 Å². The summed E-state index contributed by atoms with van der Waals surface area (Å²) in [6.45, 7) is 0.771. The van der Waals surface area contributed by atoms with Crippen molar-refractivity contribution in [2.75, 3.05) is 12.3 Å². The molecule has 0 bridgehead atoms. The predicted molar refractivity (Wildman–Crippen MR) is 54.5 cm³/mol. The first-order valence-electron chi connectivity index (χ1n) is 5.17.